The van der Waals surface area contributed by atoms with Crippen LogP contribution in [0.5, 0.6) is 5.75 Å². The van der Waals surface area contributed by atoms with Crippen LogP contribution in [0.2, 0.25) is 5.02 Å². The van der Waals surface area contributed by atoms with Gasteiger partial charge in [0.05, 0.1) is 13.2 Å². The number of nitrogens with one attached hydrogen (secondary N) is 1. The summed E-state index contributed by atoms with van der Waals surface area (Å²) in [6.07, 6.45) is 0. The molecular weight excluding hydrogens is 282 g/mol. The Balaban J connectivity index is 1.59. The molecule has 0 aromatic heterocycles. The number of carbonyl (C=O) groups excluding carboxylic acids is 1. The van der Waals surface area contributed by atoms with E-state index in [1.807, 2.05) is 0 Å². The molecule has 0 atom stereocenters. The van der Waals surface area contributed by atoms with Gasteiger partial charge in [0.1, 0.15) is 32.0 Å². The first kappa shape index (κ1) is 15.1. The summed E-state index contributed by atoms with van der Waals surface area (Å²) in [5.41, 5.74) is 0. The first-order valence-electron chi connectivity index (χ1n) is 6.69. The Labute approximate surface area is 123 Å². The lowest BCUT2D eigenvalue weighted by molar-refractivity contribution is -0.908. The van der Waals surface area contributed by atoms with Crippen LogP contribution in [-0.2, 0) is 14.3 Å². The van der Waals surface area contributed by atoms with Crippen LogP contribution in [0.25, 0.3) is 0 Å². The van der Waals surface area contributed by atoms with Gasteiger partial charge in [0.25, 0.3) is 0 Å². The van der Waals surface area contributed by atoms with Crippen LogP contribution < -0.4 is 9.64 Å². The Morgan fingerprint density at radius 3 is 2.65 bits per heavy atom. The summed E-state index contributed by atoms with van der Waals surface area (Å²) in [6.45, 7) is 4.65. The number of ether oxygens (including phenoxy) is 3. The maximum Gasteiger partial charge on any atom is 0.344 e. The van der Waals surface area contributed by atoms with Crippen molar-refractivity contribution in [2.45, 2.75) is 0 Å². The van der Waals surface area contributed by atoms with Crippen LogP contribution in [0.1, 0.15) is 0 Å². The van der Waals surface area contributed by atoms with Gasteiger partial charge in [0.15, 0.2) is 6.61 Å². The minimum absolute atomic E-state index is 0.0833. The van der Waals surface area contributed by atoms with Gasteiger partial charge in [0.2, 0.25) is 0 Å². The molecule has 0 unspecified atom stereocenters. The normalized spacial score (nSPS) is 15.8. The van der Waals surface area contributed by atoms with Crippen molar-refractivity contribution in [3.63, 3.8) is 0 Å². The van der Waals surface area contributed by atoms with Crippen molar-refractivity contribution in [2.24, 2.45) is 0 Å². The Kier molecular flexibility index (Phi) is 6.11. The van der Waals surface area contributed by atoms with Gasteiger partial charge in [-0.25, -0.2) is 4.79 Å². The summed E-state index contributed by atoms with van der Waals surface area (Å²) in [5, 5.41) is 0.633. The Hall–Kier alpha value is -1.30. The molecule has 5 nitrogen and oxygen atoms in total. The summed E-state index contributed by atoms with van der Waals surface area (Å²) in [4.78, 5) is 12.9. The van der Waals surface area contributed by atoms with Gasteiger partial charge in [-0.15, -0.1) is 0 Å². The van der Waals surface area contributed by atoms with Crippen LogP contribution in [0.15, 0.2) is 24.3 Å². The maximum atomic E-state index is 11.5. The predicted molar refractivity (Wildman–Crippen MR) is 74.3 cm³/mol. The fraction of sp³-hybridized carbons (Fsp3) is 0.500. The number of rotatable bonds is 6. The molecule has 1 fully saturated rings. The van der Waals surface area contributed by atoms with Crippen molar-refractivity contribution < 1.29 is 23.9 Å². The minimum atomic E-state index is -0.354. The molecule has 1 aliphatic rings. The molecule has 1 N–H and O–H groups in total. The van der Waals surface area contributed by atoms with E-state index < -0.39 is 0 Å². The predicted octanol–water partition coefficient (Wildman–Crippen LogP) is 0.177. The zero-order valence-electron chi connectivity index (χ0n) is 11.3. The molecule has 1 aromatic carbocycles. The zero-order valence-corrected chi connectivity index (χ0v) is 12.0. The molecule has 1 aliphatic heterocycles. The van der Waals surface area contributed by atoms with Crippen LogP contribution in [0, 0.1) is 0 Å². The van der Waals surface area contributed by atoms with Gasteiger partial charge < -0.3 is 19.1 Å². The van der Waals surface area contributed by atoms with Crippen molar-refractivity contribution in [1.82, 2.24) is 0 Å². The van der Waals surface area contributed by atoms with Crippen LogP contribution in [0.4, 0.5) is 0 Å². The molecule has 0 amide bonds. The van der Waals surface area contributed by atoms with Crippen molar-refractivity contribution in [2.75, 3.05) is 46.1 Å². The number of carbonyl (C=O) groups is 1. The molecule has 0 aliphatic carbocycles. The van der Waals surface area contributed by atoms with E-state index in [4.69, 9.17) is 25.8 Å². The highest BCUT2D eigenvalue weighted by Crippen LogP contribution is 2.15. The zero-order chi connectivity index (χ0) is 14.2. The molecular formula is C14H19ClNO4+. The van der Waals surface area contributed by atoms with E-state index in [1.165, 1.54) is 4.90 Å². The number of esters is 1. The highest BCUT2D eigenvalue weighted by Gasteiger charge is 2.14. The fourth-order valence-electron chi connectivity index (χ4n) is 1.93. The van der Waals surface area contributed by atoms with Gasteiger partial charge in [-0.1, -0.05) is 11.6 Å². The van der Waals surface area contributed by atoms with E-state index in [0.29, 0.717) is 17.4 Å². The standard InChI is InChI=1S/C14H18ClNO4/c15-12-1-3-13(4-2-12)20-11-14(17)19-10-7-16-5-8-18-9-6-16/h1-4H,5-11H2/p+1. The monoisotopic (exact) mass is 300 g/mol. The third-order valence-electron chi connectivity index (χ3n) is 3.09. The average Bonchev–Trinajstić information content (AvgIpc) is 2.48. The molecule has 0 radical (unpaired) electrons. The Morgan fingerprint density at radius 1 is 1.25 bits per heavy atom. The van der Waals surface area contributed by atoms with E-state index in [9.17, 15) is 4.79 Å². The van der Waals surface area contributed by atoms with E-state index in [1.54, 1.807) is 24.3 Å². The second-order valence-corrected chi connectivity index (χ2v) is 5.01. The van der Waals surface area contributed by atoms with Crippen LogP contribution in [0.3, 0.4) is 0 Å². The number of morpholine rings is 1. The topological polar surface area (TPSA) is 49.2 Å². The molecule has 1 heterocycles. The van der Waals surface area contributed by atoms with Gasteiger partial charge >= 0.3 is 5.97 Å². The first-order chi connectivity index (χ1) is 9.74. The SMILES string of the molecule is O=C(COc1ccc(Cl)cc1)OCC[NH+]1CCOCC1. The lowest BCUT2D eigenvalue weighted by Crippen LogP contribution is -3.14. The molecule has 0 bridgehead atoms. The second kappa shape index (κ2) is 8.09. The quantitative estimate of drug-likeness (QED) is 0.761. The third-order valence-corrected chi connectivity index (χ3v) is 3.34. The third kappa shape index (κ3) is 5.36. The summed E-state index contributed by atoms with van der Waals surface area (Å²) >= 11 is 5.76. The number of halogens is 1. The summed E-state index contributed by atoms with van der Waals surface area (Å²) in [5.74, 6) is 0.248. The van der Waals surface area contributed by atoms with Gasteiger partial charge in [0, 0.05) is 5.02 Å². The molecule has 20 heavy (non-hydrogen) atoms. The molecule has 6 heteroatoms. The number of hydrogen-bond acceptors (Lipinski definition) is 4. The molecule has 1 aromatic rings. The van der Waals surface area contributed by atoms with Crippen LogP contribution in [-0.4, -0.2) is 52.0 Å². The largest absolute Gasteiger partial charge is 0.482 e. The number of benzene rings is 1. The lowest BCUT2D eigenvalue weighted by atomic mass is 10.3. The smallest absolute Gasteiger partial charge is 0.344 e. The van der Waals surface area contributed by atoms with Gasteiger partial charge in [-0.05, 0) is 24.3 Å². The molecule has 1 saturated heterocycles. The molecule has 0 saturated carbocycles. The van der Waals surface area contributed by atoms with Gasteiger partial charge in [-0.2, -0.15) is 0 Å². The van der Waals surface area contributed by atoms with E-state index in [2.05, 4.69) is 0 Å². The molecule has 110 valence electrons. The summed E-state index contributed by atoms with van der Waals surface area (Å²) < 4.78 is 15.7. The lowest BCUT2D eigenvalue weighted by Gasteiger charge is -2.23. The van der Waals surface area contributed by atoms with Crippen molar-refractivity contribution >= 4 is 17.6 Å². The van der Waals surface area contributed by atoms with Gasteiger partial charge in [-0.3, -0.25) is 0 Å². The maximum absolute atomic E-state index is 11.5. The molecule has 0 spiro atoms. The minimum Gasteiger partial charge on any atom is -0.482 e. The number of hydrogen-bond donors (Lipinski definition) is 1. The Bertz CT molecular complexity index is 418. The summed E-state index contributed by atoms with van der Waals surface area (Å²) in [7, 11) is 0. The summed E-state index contributed by atoms with van der Waals surface area (Å²) in [6, 6.07) is 6.86. The van der Waals surface area contributed by atoms with Crippen molar-refractivity contribution in [1.29, 1.82) is 0 Å². The molecule has 2 rings (SSSR count). The van der Waals surface area contributed by atoms with E-state index in [0.717, 1.165) is 32.8 Å². The Morgan fingerprint density at radius 2 is 1.95 bits per heavy atom. The highest BCUT2D eigenvalue weighted by atomic mass is 35.5. The average molecular weight is 301 g/mol. The van der Waals surface area contributed by atoms with Crippen LogP contribution >= 0.6 is 11.6 Å². The first-order valence-corrected chi connectivity index (χ1v) is 7.07. The fourth-order valence-corrected chi connectivity index (χ4v) is 2.06. The number of quaternary nitrogens is 1. The van der Waals surface area contributed by atoms with E-state index in [-0.39, 0.29) is 12.6 Å². The van der Waals surface area contributed by atoms with Crippen molar-refractivity contribution in [3.8, 4) is 5.75 Å². The second-order valence-electron chi connectivity index (χ2n) is 4.58. The highest BCUT2D eigenvalue weighted by molar-refractivity contribution is 6.30. The van der Waals surface area contributed by atoms with Crippen molar-refractivity contribution in [3.05, 3.63) is 29.3 Å². The van der Waals surface area contributed by atoms with E-state index >= 15 is 0 Å².